The molecule has 1 aromatic carbocycles. The van der Waals surface area contributed by atoms with E-state index in [1.807, 2.05) is 0 Å². The Balaban J connectivity index is 2.66. The molecule has 0 aliphatic heterocycles. The van der Waals surface area contributed by atoms with Crippen LogP contribution >= 0.6 is 0 Å². The summed E-state index contributed by atoms with van der Waals surface area (Å²) in [6.07, 6.45) is -4.34. The first-order chi connectivity index (χ1) is 9.34. The van der Waals surface area contributed by atoms with Crippen molar-refractivity contribution in [2.24, 2.45) is 0 Å². The van der Waals surface area contributed by atoms with Crippen LogP contribution in [0.1, 0.15) is 17.5 Å². The maximum Gasteiger partial charge on any atom is 0.416 e. The van der Waals surface area contributed by atoms with Crippen molar-refractivity contribution in [3.8, 4) is 0 Å². The monoisotopic (exact) mass is 294 g/mol. The summed E-state index contributed by atoms with van der Waals surface area (Å²) in [5, 5.41) is 13.1. The molecule has 0 saturated carbocycles. The molecule has 0 aliphatic rings. The van der Waals surface area contributed by atoms with Crippen molar-refractivity contribution in [2.75, 3.05) is 13.2 Å². The minimum absolute atomic E-state index is 0.101. The predicted molar refractivity (Wildman–Crippen MR) is 63.3 cm³/mol. The summed E-state index contributed by atoms with van der Waals surface area (Å²) in [5.41, 5.74) is -1.34. The molecule has 4 nitrogen and oxygen atoms in total. The van der Waals surface area contributed by atoms with Crippen LogP contribution in [0.2, 0.25) is 0 Å². The summed E-state index contributed by atoms with van der Waals surface area (Å²) in [7, 11) is 0. The number of carbonyl (C=O) groups excluding carboxylic acids is 1. The first kappa shape index (κ1) is 16.2. The summed E-state index contributed by atoms with van der Waals surface area (Å²) >= 11 is 0. The Kier molecular flexibility index (Phi) is 5.75. The average Bonchev–Trinajstić information content (AvgIpc) is 2.36. The van der Waals surface area contributed by atoms with Gasteiger partial charge in [-0.05, 0) is 24.1 Å². The number of nitrogens with one attached hydrogen (secondary N) is 2. The minimum atomic E-state index is -4.69. The number of hydrogen-bond donors (Lipinski definition) is 3. The van der Waals surface area contributed by atoms with E-state index in [4.69, 9.17) is 5.11 Å². The van der Waals surface area contributed by atoms with Gasteiger partial charge in [0.05, 0.1) is 5.56 Å². The molecule has 2 amide bonds. The number of carbonyl (C=O) groups is 1. The van der Waals surface area contributed by atoms with Gasteiger partial charge >= 0.3 is 12.2 Å². The fraction of sp³-hybridized carbons (Fsp3) is 0.417. The molecule has 0 heterocycles. The van der Waals surface area contributed by atoms with E-state index in [-0.39, 0.29) is 25.3 Å². The van der Waals surface area contributed by atoms with Gasteiger partial charge in [-0.3, -0.25) is 0 Å². The van der Waals surface area contributed by atoms with Gasteiger partial charge in [0.15, 0.2) is 0 Å². The quantitative estimate of drug-likeness (QED) is 0.575. The summed E-state index contributed by atoms with van der Waals surface area (Å²) in [5.74, 6) is -0.992. The summed E-state index contributed by atoms with van der Waals surface area (Å²) in [4.78, 5) is 11.3. The first-order valence-electron chi connectivity index (χ1n) is 5.82. The van der Waals surface area contributed by atoms with E-state index in [2.05, 4.69) is 10.6 Å². The van der Waals surface area contributed by atoms with Gasteiger partial charge in [-0.1, -0.05) is 6.07 Å². The number of halogens is 4. The van der Waals surface area contributed by atoms with Crippen molar-refractivity contribution in [3.63, 3.8) is 0 Å². The zero-order valence-electron chi connectivity index (χ0n) is 10.4. The largest absolute Gasteiger partial charge is 0.416 e. The van der Waals surface area contributed by atoms with Crippen molar-refractivity contribution in [3.05, 3.63) is 35.1 Å². The second-order valence-electron chi connectivity index (χ2n) is 3.99. The van der Waals surface area contributed by atoms with Crippen LogP contribution in [0.4, 0.5) is 22.4 Å². The minimum Gasteiger partial charge on any atom is -0.396 e. The third-order valence-corrected chi connectivity index (χ3v) is 2.44. The Hall–Kier alpha value is -1.83. The maximum atomic E-state index is 12.9. The SMILES string of the molecule is O=C(NCCCO)NCc1ccc(F)cc1C(F)(F)F. The zero-order valence-corrected chi connectivity index (χ0v) is 10.4. The van der Waals surface area contributed by atoms with E-state index in [9.17, 15) is 22.4 Å². The lowest BCUT2D eigenvalue weighted by atomic mass is 10.1. The van der Waals surface area contributed by atoms with Crippen LogP contribution in [0, 0.1) is 5.82 Å². The molecule has 112 valence electrons. The smallest absolute Gasteiger partial charge is 0.396 e. The summed E-state index contributed by atoms with van der Waals surface area (Å²) in [6.45, 7) is -0.269. The Morgan fingerprint density at radius 3 is 2.55 bits per heavy atom. The first-order valence-corrected chi connectivity index (χ1v) is 5.82. The van der Waals surface area contributed by atoms with Gasteiger partial charge in [0.1, 0.15) is 5.82 Å². The van der Waals surface area contributed by atoms with Gasteiger partial charge in [-0.15, -0.1) is 0 Å². The third-order valence-electron chi connectivity index (χ3n) is 2.44. The lowest BCUT2D eigenvalue weighted by Crippen LogP contribution is -2.36. The molecule has 1 aromatic rings. The van der Waals surface area contributed by atoms with Crippen LogP contribution in [0.15, 0.2) is 18.2 Å². The zero-order chi connectivity index (χ0) is 15.2. The highest BCUT2D eigenvalue weighted by Gasteiger charge is 2.33. The van der Waals surface area contributed by atoms with Gasteiger partial charge in [0.25, 0.3) is 0 Å². The predicted octanol–water partition coefficient (Wildman–Crippen LogP) is 2.03. The highest BCUT2D eigenvalue weighted by atomic mass is 19.4. The highest BCUT2D eigenvalue weighted by Crippen LogP contribution is 2.32. The van der Waals surface area contributed by atoms with E-state index in [1.165, 1.54) is 0 Å². The molecule has 0 unspecified atom stereocenters. The number of aliphatic hydroxyl groups is 1. The van der Waals surface area contributed by atoms with Gasteiger partial charge in [-0.25, -0.2) is 9.18 Å². The van der Waals surface area contributed by atoms with Crippen LogP contribution < -0.4 is 10.6 Å². The molecule has 0 atom stereocenters. The molecular formula is C12H14F4N2O2. The lowest BCUT2D eigenvalue weighted by molar-refractivity contribution is -0.138. The second-order valence-corrected chi connectivity index (χ2v) is 3.99. The molecule has 0 spiro atoms. The van der Waals surface area contributed by atoms with E-state index < -0.39 is 23.6 Å². The molecule has 0 fully saturated rings. The van der Waals surface area contributed by atoms with E-state index >= 15 is 0 Å². The number of benzene rings is 1. The van der Waals surface area contributed by atoms with E-state index in [1.54, 1.807) is 0 Å². The number of amides is 2. The molecule has 1 rings (SSSR count). The van der Waals surface area contributed by atoms with Crippen LogP contribution in [-0.4, -0.2) is 24.3 Å². The van der Waals surface area contributed by atoms with Crippen molar-refractivity contribution < 1.29 is 27.5 Å². The van der Waals surface area contributed by atoms with Crippen molar-refractivity contribution >= 4 is 6.03 Å². The number of hydrogen-bond acceptors (Lipinski definition) is 2. The number of aliphatic hydroxyl groups excluding tert-OH is 1. The Labute approximate surface area is 112 Å². The molecule has 8 heteroatoms. The van der Waals surface area contributed by atoms with Crippen LogP contribution in [-0.2, 0) is 12.7 Å². The molecule has 0 aliphatic carbocycles. The van der Waals surface area contributed by atoms with Crippen molar-refractivity contribution in [2.45, 2.75) is 19.1 Å². The van der Waals surface area contributed by atoms with E-state index in [0.29, 0.717) is 12.5 Å². The molecule has 0 radical (unpaired) electrons. The summed E-state index contributed by atoms with van der Waals surface area (Å²) < 4.78 is 50.9. The molecule has 3 N–H and O–H groups in total. The standard InChI is InChI=1S/C12H14F4N2O2/c13-9-3-2-8(10(6-9)12(14,15)16)7-18-11(20)17-4-1-5-19/h2-3,6,19H,1,4-5,7H2,(H2,17,18,20). The molecule has 0 aromatic heterocycles. The lowest BCUT2D eigenvalue weighted by Gasteiger charge is -2.14. The van der Waals surface area contributed by atoms with Crippen LogP contribution in [0.5, 0.6) is 0 Å². The molecular weight excluding hydrogens is 280 g/mol. The van der Waals surface area contributed by atoms with Crippen molar-refractivity contribution in [1.29, 1.82) is 0 Å². The fourth-order valence-electron chi connectivity index (χ4n) is 1.49. The molecule has 0 bridgehead atoms. The third kappa shape index (κ3) is 5.04. The van der Waals surface area contributed by atoms with Gasteiger partial charge in [-0.2, -0.15) is 13.2 Å². The fourth-order valence-corrected chi connectivity index (χ4v) is 1.49. The Morgan fingerprint density at radius 1 is 1.25 bits per heavy atom. The van der Waals surface area contributed by atoms with Gasteiger partial charge in [0, 0.05) is 19.7 Å². The highest BCUT2D eigenvalue weighted by molar-refractivity contribution is 5.73. The normalized spacial score (nSPS) is 11.2. The average molecular weight is 294 g/mol. The summed E-state index contributed by atoms with van der Waals surface area (Å²) in [6, 6.07) is 1.61. The Bertz CT molecular complexity index is 463. The topological polar surface area (TPSA) is 61.4 Å². The van der Waals surface area contributed by atoms with Crippen LogP contribution in [0.25, 0.3) is 0 Å². The van der Waals surface area contributed by atoms with Crippen molar-refractivity contribution in [1.82, 2.24) is 10.6 Å². The molecule has 0 saturated heterocycles. The second kappa shape index (κ2) is 7.09. The molecule has 20 heavy (non-hydrogen) atoms. The van der Waals surface area contributed by atoms with Gasteiger partial charge < -0.3 is 15.7 Å². The number of alkyl halides is 3. The maximum absolute atomic E-state index is 12.9. The Morgan fingerprint density at radius 2 is 1.95 bits per heavy atom. The number of urea groups is 1. The van der Waals surface area contributed by atoms with E-state index in [0.717, 1.165) is 12.1 Å². The number of rotatable bonds is 5. The van der Waals surface area contributed by atoms with Crippen LogP contribution in [0.3, 0.4) is 0 Å². The van der Waals surface area contributed by atoms with Gasteiger partial charge in [0.2, 0.25) is 0 Å².